The third-order valence-corrected chi connectivity index (χ3v) is 3.79. The SMILES string of the molecule is COc1cc(-n2ccnc2NC(C)C)c(Br)cc1Br. The molecule has 0 aliphatic rings. The lowest BCUT2D eigenvalue weighted by Gasteiger charge is -2.15. The van der Waals surface area contributed by atoms with E-state index in [2.05, 4.69) is 56.0 Å². The zero-order valence-electron chi connectivity index (χ0n) is 10.9. The Bertz CT molecular complexity index is 581. The van der Waals surface area contributed by atoms with E-state index in [0.29, 0.717) is 6.04 Å². The fourth-order valence-electron chi connectivity index (χ4n) is 1.72. The molecule has 0 aliphatic carbocycles. The second kappa shape index (κ2) is 5.96. The van der Waals surface area contributed by atoms with Gasteiger partial charge in [0.2, 0.25) is 5.95 Å². The quantitative estimate of drug-likeness (QED) is 0.851. The number of imidazole rings is 1. The molecule has 0 unspecified atom stereocenters. The van der Waals surface area contributed by atoms with Crippen LogP contribution in [0.25, 0.3) is 5.69 Å². The van der Waals surface area contributed by atoms with Gasteiger partial charge in [-0.1, -0.05) is 0 Å². The Labute approximate surface area is 129 Å². The topological polar surface area (TPSA) is 39.1 Å². The molecule has 19 heavy (non-hydrogen) atoms. The third kappa shape index (κ3) is 3.12. The number of rotatable bonds is 4. The number of aromatic nitrogens is 2. The highest BCUT2D eigenvalue weighted by molar-refractivity contribution is 9.11. The Morgan fingerprint density at radius 3 is 2.63 bits per heavy atom. The van der Waals surface area contributed by atoms with Crippen molar-refractivity contribution in [1.29, 1.82) is 0 Å². The van der Waals surface area contributed by atoms with Crippen LogP contribution in [0.5, 0.6) is 5.75 Å². The molecule has 1 heterocycles. The standard InChI is InChI=1S/C13H15Br2N3O/c1-8(2)17-13-16-4-5-18(13)11-7-12(19-3)10(15)6-9(11)14/h4-8H,1-3H3,(H,16,17). The van der Waals surface area contributed by atoms with Gasteiger partial charge in [0.1, 0.15) is 5.75 Å². The van der Waals surface area contributed by atoms with Gasteiger partial charge in [0.25, 0.3) is 0 Å². The highest BCUT2D eigenvalue weighted by atomic mass is 79.9. The number of nitrogens with zero attached hydrogens (tertiary/aromatic N) is 2. The number of nitrogens with one attached hydrogen (secondary N) is 1. The zero-order chi connectivity index (χ0) is 14.0. The molecule has 1 N–H and O–H groups in total. The highest BCUT2D eigenvalue weighted by Crippen LogP contribution is 2.34. The second-order valence-corrected chi connectivity index (χ2v) is 6.07. The van der Waals surface area contributed by atoms with E-state index in [0.717, 1.165) is 26.3 Å². The van der Waals surface area contributed by atoms with E-state index in [1.807, 2.05) is 22.9 Å². The Morgan fingerprint density at radius 2 is 2.00 bits per heavy atom. The smallest absolute Gasteiger partial charge is 0.207 e. The lowest BCUT2D eigenvalue weighted by atomic mass is 10.3. The average molecular weight is 389 g/mol. The average Bonchev–Trinajstić information content (AvgIpc) is 2.76. The van der Waals surface area contributed by atoms with E-state index in [1.54, 1.807) is 13.3 Å². The highest BCUT2D eigenvalue weighted by Gasteiger charge is 2.12. The summed E-state index contributed by atoms with van der Waals surface area (Å²) in [5.41, 5.74) is 0.973. The molecule has 1 aromatic heterocycles. The van der Waals surface area contributed by atoms with Crippen molar-refractivity contribution in [3.63, 3.8) is 0 Å². The van der Waals surface area contributed by atoms with Gasteiger partial charge in [-0.25, -0.2) is 4.98 Å². The van der Waals surface area contributed by atoms with Crippen molar-refractivity contribution in [2.75, 3.05) is 12.4 Å². The molecule has 0 radical (unpaired) electrons. The molecular formula is C13H15Br2N3O. The fraction of sp³-hybridized carbons (Fsp3) is 0.308. The molecule has 2 aromatic rings. The van der Waals surface area contributed by atoms with E-state index < -0.39 is 0 Å². The van der Waals surface area contributed by atoms with Crippen LogP contribution in [0.2, 0.25) is 0 Å². The van der Waals surface area contributed by atoms with Crippen LogP contribution < -0.4 is 10.1 Å². The van der Waals surface area contributed by atoms with Crippen molar-refractivity contribution < 1.29 is 4.74 Å². The summed E-state index contributed by atoms with van der Waals surface area (Å²) in [6, 6.07) is 4.24. The molecule has 0 aliphatic heterocycles. The molecule has 0 amide bonds. The Hall–Kier alpha value is -1.01. The molecule has 0 saturated heterocycles. The van der Waals surface area contributed by atoms with Crippen LogP contribution in [0.4, 0.5) is 5.95 Å². The van der Waals surface area contributed by atoms with Crippen LogP contribution in [-0.4, -0.2) is 22.7 Å². The first-order chi connectivity index (χ1) is 9.02. The predicted octanol–water partition coefficient (Wildman–Crippen LogP) is 4.23. The molecule has 1 aromatic carbocycles. The van der Waals surface area contributed by atoms with E-state index in [-0.39, 0.29) is 0 Å². The molecule has 0 saturated carbocycles. The molecule has 0 atom stereocenters. The van der Waals surface area contributed by atoms with Crippen LogP contribution >= 0.6 is 31.9 Å². The summed E-state index contributed by atoms with van der Waals surface area (Å²) in [7, 11) is 1.65. The Balaban J connectivity index is 2.50. The zero-order valence-corrected chi connectivity index (χ0v) is 14.1. The maximum Gasteiger partial charge on any atom is 0.207 e. The maximum atomic E-state index is 5.34. The van der Waals surface area contributed by atoms with Gasteiger partial charge in [-0.05, 0) is 51.8 Å². The summed E-state index contributed by atoms with van der Waals surface area (Å²) in [5.74, 6) is 1.59. The summed E-state index contributed by atoms with van der Waals surface area (Å²) in [5, 5.41) is 3.31. The van der Waals surface area contributed by atoms with Crippen LogP contribution in [0, 0.1) is 0 Å². The van der Waals surface area contributed by atoms with Crippen molar-refractivity contribution >= 4 is 37.8 Å². The molecule has 102 valence electrons. The number of halogens is 2. The minimum atomic E-state index is 0.317. The minimum Gasteiger partial charge on any atom is -0.495 e. The van der Waals surface area contributed by atoms with Crippen molar-refractivity contribution in [3.05, 3.63) is 33.5 Å². The van der Waals surface area contributed by atoms with E-state index >= 15 is 0 Å². The summed E-state index contributed by atoms with van der Waals surface area (Å²) >= 11 is 7.04. The molecule has 0 fully saturated rings. The summed E-state index contributed by atoms with van der Waals surface area (Å²) in [6.45, 7) is 4.16. The van der Waals surface area contributed by atoms with Crippen LogP contribution in [-0.2, 0) is 0 Å². The second-order valence-electron chi connectivity index (χ2n) is 4.36. The maximum absolute atomic E-state index is 5.34. The van der Waals surface area contributed by atoms with Crippen LogP contribution in [0.1, 0.15) is 13.8 Å². The number of ether oxygens (including phenoxy) is 1. The number of hydrogen-bond donors (Lipinski definition) is 1. The normalized spacial score (nSPS) is 10.8. The van der Waals surface area contributed by atoms with Crippen LogP contribution in [0.3, 0.4) is 0 Å². The lowest BCUT2D eigenvalue weighted by molar-refractivity contribution is 0.412. The van der Waals surface area contributed by atoms with Gasteiger partial charge >= 0.3 is 0 Å². The monoisotopic (exact) mass is 387 g/mol. The first-order valence-corrected chi connectivity index (χ1v) is 7.44. The van der Waals surface area contributed by atoms with Crippen molar-refractivity contribution in [1.82, 2.24) is 9.55 Å². The molecule has 4 nitrogen and oxygen atoms in total. The molecule has 6 heteroatoms. The van der Waals surface area contributed by atoms with Gasteiger partial charge in [-0.15, -0.1) is 0 Å². The molecule has 2 rings (SSSR count). The first kappa shape index (κ1) is 14.4. The van der Waals surface area contributed by atoms with Gasteiger partial charge in [-0.2, -0.15) is 0 Å². The number of anilines is 1. The van der Waals surface area contributed by atoms with Crippen molar-refractivity contribution in [3.8, 4) is 11.4 Å². The fourth-order valence-corrected chi connectivity index (χ4v) is 3.07. The minimum absolute atomic E-state index is 0.317. The summed E-state index contributed by atoms with van der Waals surface area (Å²) < 4.78 is 9.19. The number of hydrogen-bond acceptors (Lipinski definition) is 3. The number of methoxy groups -OCH3 is 1. The predicted molar refractivity (Wildman–Crippen MR) is 84.3 cm³/mol. The van der Waals surface area contributed by atoms with Gasteiger partial charge < -0.3 is 10.1 Å². The molecular weight excluding hydrogens is 374 g/mol. The van der Waals surface area contributed by atoms with Crippen molar-refractivity contribution in [2.45, 2.75) is 19.9 Å². The van der Waals surface area contributed by atoms with Gasteiger partial charge in [0.05, 0.1) is 17.3 Å². The largest absolute Gasteiger partial charge is 0.495 e. The summed E-state index contributed by atoms with van der Waals surface area (Å²) in [4.78, 5) is 4.33. The van der Waals surface area contributed by atoms with E-state index in [1.165, 1.54) is 0 Å². The van der Waals surface area contributed by atoms with E-state index in [9.17, 15) is 0 Å². The molecule has 0 bridgehead atoms. The summed E-state index contributed by atoms with van der Waals surface area (Å²) in [6.07, 6.45) is 3.68. The molecule has 0 spiro atoms. The third-order valence-electron chi connectivity index (χ3n) is 2.54. The Morgan fingerprint density at radius 1 is 1.26 bits per heavy atom. The van der Waals surface area contributed by atoms with Gasteiger partial charge in [0.15, 0.2) is 0 Å². The van der Waals surface area contributed by atoms with Gasteiger partial charge in [0, 0.05) is 29.0 Å². The lowest BCUT2D eigenvalue weighted by Crippen LogP contribution is -2.14. The van der Waals surface area contributed by atoms with Crippen LogP contribution in [0.15, 0.2) is 33.5 Å². The Kier molecular flexibility index (Phi) is 4.52. The van der Waals surface area contributed by atoms with Crippen molar-refractivity contribution in [2.24, 2.45) is 0 Å². The first-order valence-electron chi connectivity index (χ1n) is 5.86. The number of benzene rings is 1. The van der Waals surface area contributed by atoms with Gasteiger partial charge in [-0.3, -0.25) is 4.57 Å². The van der Waals surface area contributed by atoms with E-state index in [4.69, 9.17) is 4.74 Å².